The van der Waals surface area contributed by atoms with Gasteiger partial charge < -0.3 is 14.8 Å². The lowest BCUT2D eigenvalue weighted by Crippen LogP contribution is -2.04. The van der Waals surface area contributed by atoms with E-state index in [-0.39, 0.29) is 0 Å². The quantitative estimate of drug-likeness (QED) is 0.762. The maximum absolute atomic E-state index is 5.60. The van der Waals surface area contributed by atoms with E-state index in [4.69, 9.17) is 9.47 Å². The maximum Gasteiger partial charge on any atom is 0.163 e. The van der Waals surface area contributed by atoms with E-state index in [1.54, 1.807) is 0 Å². The first kappa shape index (κ1) is 13.1. The minimum absolute atomic E-state index is 0.658. The van der Waals surface area contributed by atoms with Crippen LogP contribution in [0.2, 0.25) is 0 Å². The van der Waals surface area contributed by atoms with Crippen LogP contribution in [0.5, 0.6) is 11.5 Å². The zero-order valence-corrected chi connectivity index (χ0v) is 11.4. The summed E-state index contributed by atoms with van der Waals surface area (Å²) in [4.78, 5) is 0. The van der Waals surface area contributed by atoms with E-state index in [0.717, 1.165) is 29.6 Å². The Labute approximate surface area is 109 Å². The monoisotopic (exact) mass is 249 g/mol. The molecule has 2 rings (SSSR count). The van der Waals surface area contributed by atoms with Gasteiger partial charge in [0.2, 0.25) is 0 Å². The normalized spacial score (nSPS) is 14.3. The first-order chi connectivity index (χ1) is 8.83. The largest absolute Gasteiger partial charge is 0.490 e. The Morgan fingerprint density at radius 1 is 1.11 bits per heavy atom. The molecule has 0 radical (unpaired) electrons. The topological polar surface area (TPSA) is 30.5 Å². The average molecular weight is 249 g/mol. The van der Waals surface area contributed by atoms with Crippen LogP contribution in [0.4, 0.5) is 5.69 Å². The summed E-state index contributed by atoms with van der Waals surface area (Å²) < 4.78 is 11.1. The van der Waals surface area contributed by atoms with Gasteiger partial charge >= 0.3 is 0 Å². The van der Waals surface area contributed by atoms with Crippen molar-refractivity contribution in [2.45, 2.75) is 33.1 Å². The first-order valence-electron chi connectivity index (χ1n) is 6.97. The second kappa shape index (κ2) is 6.53. The number of benzene rings is 1. The Morgan fingerprint density at radius 3 is 2.50 bits per heavy atom. The fraction of sp³-hybridized carbons (Fsp3) is 0.600. The van der Waals surface area contributed by atoms with Crippen LogP contribution in [0.3, 0.4) is 0 Å². The third-order valence-electron chi connectivity index (χ3n) is 3.12. The highest BCUT2D eigenvalue weighted by Crippen LogP contribution is 2.33. The molecule has 0 bridgehead atoms. The molecule has 0 heterocycles. The van der Waals surface area contributed by atoms with Crippen LogP contribution in [0.1, 0.15) is 33.1 Å². The van der Waals surface area contributed by atoms with Crippen molar-refractivity contribution in [1.82, 2.24) is 0 Å². The van der Waals surface area contributed by atoms with E-state index < -0.39 is 0 Å². The molecule has 1 saturated carbocycles. The van der Waals surface area contributed by atoms with Crippen molar-refractivity contribution in [3.05, 3.63) is 18.2 Å². The molecule has 0 unspecified atom stereocenters. The fourth-order valence-corrected chi connectivity index (χ4v) is 1.99. The number of ether oxygens (including phenoxy) is 2. The van der Waals surface area contributed by atoms with Crippen molar-refractivity contribution in [3.8, 4) is 11.5 Å². The Morgan fingerprint density at radius 2 is 1.83 bits per heavy atom. The molecule has 3 nitrogen and oxygen atoms in total. The predicted molar refractivity (Wildman–Crippen MR) is 74.6 cm³/mol. The number of anilines is 1. The standard InChI is InChI=1S/C15H23NO2/c1-3-17-14-8-7-13(11-15(14)18-4-2)16-10-9-12-5-6-12/h7-8,11-12,16H,3-6,9-10H2,1-2H3. The molecule has 100 valence electrons. The van der Waals surface area contributed by atoms with Gasteiger partial charge in [0.15, 0.2) is 11.5 Å². The van der Waals surface area contributed by atoms with E-state index >= 15 is 0 Å². The molecule has 18 heavy (non-hydrogen) atoms. The highest BCUT2D eigenvalue weighted by molar-refractivity contribution is 5.54. The number of nitrogens with one attached hydrogen (secondary N) is 1. The average Bonchev–Trinajstić information content (AvgIpc) is 3.17. The summed E-state index contributed by atoms with van der Waals surface area (Å²) in [5.74, 6) is 2.62. The maximum atomic E-state index is 5.60. The van der Waals surface area contributed by atoms with Crippen molar-refractivity contribution in [2.75, 3.05) is 25.1 Å². The van der Waals surface area contributed by atoms with Crippen LogP contribution < -0.4 is 14.8 Å². The molecule has 0 spiro atoms. The second-order valence-electron chi connectivity index (χ2n) is 4.69. The molecule has 1 N–H and O–H groups in total. The summed E-state index contributed by atoms with van der Waals surface area (Å²) in [6.07, 6.45) is 4.10. The highest BCUT2D eigenvalue weighted by Gasteiger charge is 2.20. The Hall–Kier alpha value is -1.38. The Balaban J connectivity index is 1.94. The van der Waals surface area contributed by atoms with Crippen molar-refractivity contribution in [1.29, 1.82) is 0 Å². The third kappa shape index (κ3) is 3.83. The van der Waals surface area contributed by atoms with E-state index in [9.17, 15) is 0 Å². The lowest BCUT2D eigenvalue weighted by Gasteiger charge is -2.13. The first-order valence-corrected chi connectivity index (χ1v) is 6.97. The van der Waals surface area contributed by atoms with Gasteiger partial charge in [-0.1, -0.05) is 12.8 Å². The lowest BCUT2D eigenvalue weighted by molar-refractivity contribution is 0.288. The molecule has 0 amide bonds. The molecular weight excluding hydrogens is 226 g/mol. The highest BCUT2D eigenvalue weighted by atomic mass is 16.5. The Kier molecular flexibility index (Phi) is 4.73. The minimum Gasteiger partial charge on any atom is -0.490 e. The van der Waals surface area contributed by atoms with E-state index in [0.29, 0.717) is 13.2 Å². The van der Waals surface area contributed by atoms with Crippen LogP contribution in [-0.4, -0.2) is 19.8 Å². The fourth-order valence-electron chi connectivity index (χ4n) is 1.99. The molecule has 3 heteroatoms. The molecule has 1 aliphatic carbocycles. The van der Waals surface area contributed by atoms with Gasteiger partial charge in [-0.25, -0.2) is 0 Å². The SMILES string of the molecule is CCOc1ccc(NCCC2CC2)cc1OCC. The van der Waals surface area contributed by atoms with Crippen molar-refractivity contribution >= 4 is 5.69 Å². The summed E-state index contributed by atoms with van der Waals surface area (Å²) in [5.41, 5.74) is 1.11. The minimum atomic E-state index is 0.658. The van der Waals surface area contributed by atoms with Gasteiger partial charge in [0.1, 0.15) is 0 Å². The van der Waals surface area contributed by atoms with Gasteiger partial charge in [0, 0.05) is 18.3 Å². The number of rotatable bonds is 8. The molecule has 1 aromatic rings. The predicted octanol–water partition coefficient (Wildman–Crippen LogP) is 3.70. The summed E-state index contributed by atoms with van der Waals surface area (Å²) in [7, 11) is 0. The van der Waals surface area contributed by atoms with Crippen molar-refractivity contribution in [2.24, 2.45) is 5.92 Å². The molecule has 0 atom stereocenters. The third-order valence-corrected chi connectivity index (χ3v) is 3.12. The van der Waals surface area contributed by atoms with Crippen LogP contribution in [0.15, 0.2) is 18.2 Å². The smallest absolute Gasteiger partial charge is 0.163 e. The number of hydrogen-bond acceptors (Lipinski definition) is 3. The Bertz CT molecular complexity index is 375. The zero-order chi connectivity index (χ0) is 12.8. The molecule has 1 aromatic carbocycles. The molecule has 0 aromatic heterocycles. The summed E-state index contributed by atoms with van der Waals surface area (Å²) in [6.45, 7) is 6.34. The van der Waals surface area contributed by atoms with Gasteiger partial charge in [0.05, 0.1) is 13.2 Å². The molecule has 1 fully saturated rings. The van der Waals surface area contributed by atoms with Crippen molar-refractivity contribution in [3.63, 3.8) is 0 Å². The number of hydrogen-bond donors (Lipinski definition) is 1. The van der Waals surface area contributed by atoms with Gasteiger partial charge in [-0.15, -0.1) is 0 Å². The molecule has 0 saturated heterocycles. The second-order valence-corrected chi connectivity index (χ2v) is 4.69. The van der Waals surface area contributed by atoms with Crippen LogP contribution in [0, 0.1) is 5.92 Å². The van der Waals surface area contributed by atoms with Crippen LogP contribution in [-0.2, 0) is 0 Å². The van der Waals surface area contributed by atoms with E-state index in [1.807, 2.05) is 26.0 Å². The molecule has 0 aliphatic heterocycles. The van der Waals surface area contributed by atoms with Gasteiger partial charge in [-0.3, -0.25) is 0 Å². The van der Waals surface area contributed by atoms with Gasteiger partial charge in [-0.05, 0) is 38.3 Å². The van der Waals surface area contributed by atoms with Gasteiger partial charge in [-0.2, -0.15) is 0 Å². The zero-order valence-electron chi connectivity index (χ0n) is 11.4. The van der Waals surface area contributed by atoms with Crippen LogP contribution >= 0.6 is 0 Å². The van der Waals surface area contributed by atoms with E-state index in [2.05, 4.69) is 11.4 Å². The van der Waals surface area contributed by atoms with E-state index in [1.165, 1.54) is 19.3 Å². The summed E-state index contributed by atoms with van der Waals surface area (Å²) in [5, 5.41) is 3.45. The molecule has 1 aliphatic rings. The van der Waals surface area contributed by atoms with Crippen LogP contribution in [0.25, 0.3) is 0 Å². The molecular formula is C15H23NO2. The lowest BCUT2D eigenvalue weighted by atomic mass is 10.2. The summed E-state index contributed by atoms with van der Waals surface area (Å²) >= 11 is 0. The van der Waals surface area contributed by atoms with Gasteiger partial charge in [0.25, 0.3) is 0 Å². The summed E-state index contributed by atoms with van der Waals surface area (Å²) in [6, 6.07) is 6.07. The van der Waals surface area contributed by atoms with Crippen molar-refractivity contribution < 1.29 is 9.47 Å².